The average Bonchev–Trinajstić information content (AvgIpc) is 2.95. The average molecular weight is 232 g/mol. The number of carbonyl (C=O) groups is 2. The normalized spacial score (nSPS) is 30.9. The molecule has 2 fully saturated rings. The Morgan fingerprint density at radius 2 is 2.12 bits per heavy atom. The van der Waals surface area contributed by atoms with Gasteiger partial charge in [0.05, 0.1) is 13.1 Å². The molecule has 1 aliphatic carbocycles. The second kappa shape index (κ2) is 3.68. The molecule has 0 radical (unpaired) electrons. The van der Waals surface area contributed by atoms with E-state index in [1.807, 2.05) is 0 Å². The number of halogens is 2. The van der Waals surface area contributed by atoms with E-state index in [2.05, 4.69) is 5.32 Å². The smallest absolute Gasteiger partial charge is 0.255 e. The summed E-state index contributed by atoms with van der Waals surface area (Å²) < 4.78 is 24.5. The Balaban J connectivity index is 2.15. The van der Waals surface area contributed by atoms with Gasteiger partial charge < -0.3 is 10.2 Å². The third-order valence-corrected chi connectivity index (χ3v) is 3.22. The zero-order valence-electron chi connectivity index (χ0n) is 9.00. The van der Waals surface area contributed by atoms with E-state index < -0.39 is 18.5 Å². The molecular formula is C10H14F2N2O2. The molecule has 1 heterocycles. The van der Waals surface area contributed by atoms with Gasteiger partial charge in [0.1, 0.15) is 5.54 Å². The first-order valence-corrected chi connectivity index (χ1v) is 5.32. The van der Waals surface area contributed by atoms with Gasteiger partial charge in [0.25, 0.3) is 6.43 Å². The molecule has 2 aliphatic rings. The minimum absolute atomic E-state index is 0.101. The molecule has 0 aromatic rings. The summed E-state index contributed by atoms with van der Waals surface area (Å²) in [5, 5.41) is 2.63. The Morgan fingerprint density at radius 1 is 1.50 bits per heavy atom. The number of carbonyl (C=O) groups excluding carboxylic acids is 2. The highest BCUT2D eigenvalue weighted by Gasteiger charge is 2.52. The van der Waals surface area contributed by atoms with Crippen molar-refractivity contribution in [3.63, 3.8) is 0 Å². The van der Waals surface area contributed by atoms with Crippen molar-refractivity contribution in [1.29, 1.82) is 0 Å². The number of alkyl halides is 2. The van der Waals surface area contributed by atoms with Gasteiger partial charge in [0, 0.05) is 0 Å². The first-order chi connectivity index (χ1) is 7.43. The van der Waals surface area contributed by atoms with Crippen molar-refractivity contribution >= 4 is 11.8 Å². The summed E-state index contributed by atoms with van der Waals surface area (Å²) in [4.78, 5) is 24.3. The van der Waals surface area contributed by atoms with E-state index in [1.165, 1.54) is 0 Å². The molecule has 1 N–H and O–H groups in total. The molecule has 0 spiro atoms. The molecule has 1 unspecified atom stereocenters. The van der Waals surface area contributed by atoms with Crippen LogP contribution in [0.4, 0.5) is 8.78 Å². The van der Waals surface area contributed by atoms with Gasteiger partial charge in [0.15, 0.2) is 0 Å². The standard InChI is InChI=1S/C10H14F2N2O2/c1-10(6-2-3-6)9(16)14(4-7(11)12)5-8(15)13-10/h6-7H,2-5H2,1H3,(H,13,15). The van der Waals surface area contributed by atoms with Crippen LogP contribution in [0.2, 0.25) is 0 Å². The number of nitrogens with one attached hydrogen (secondary N) is 1. The first kappa shape index (κ1) is 11.3. The van der Waals surface area contributed by atoms with Crippen molar-refractivity contribution in [3.8, 4) is 0 Å². The molecule has 0 bridgehead atoms. The third-order valence-electron chi connectivity index (χ3n) is 3.22. The summed E-state index contributed by atoms with van der Waals surface area (Å²) in [6, 6.07) is 0. The molecule has 16 heavy (non-hydrogen) atoms. The predicted octanol–water partition coefficient (Wildman–Crippen LogP) is 0.379. The van der Waals surface area contributed by atoms with Crippen LogP contribution >= 0.6 is 0 Å². The molecule has 1 saturated heterocycles. The Bertz CT molecular complexity index is 331. The van der Waals surface area contributed by atoms with Crippen LogP contribution in [0, 0.1) is 5.92 Å². The van der Waals surface area contributed by atoms with Crippen molar-refractivity contribution in [2.45, 2.75) is 31.7 Å². The van der Waals surface area contributed by atoms with Crippen LogP contribution < -0.4 is 5.32 Å². The van der Waals surface area contributed by atoms with E-state index in [1.54, 1.807) is 6.92 Å². The van der Waals surface area contributed by atoms with Crippen LogP contribution in [0.15, 0.2) is 0 Å². The summed E-state index contributed by atoms with van der Waals surface area (Å²) >= 11 is 0. The number of hydrogen-bond acceptors (Lipinski definition) is 2. The highest BCUT2D eigenvalue weighted by atomic mass is 19.3. The molecule has 4 nitrogen and oxygen atoms in total. The van der Waals surface area contributed by atoms with E-state index in [0.717, 1.165) is 17.7 Å². The Morgan fingerprint density at radius 3 is 2.62 bits per heavy atom. The fourth-order valence-corrected chi connectivity index (χ4v) is 2.21. The number of rotatable bonds is 3. The largest absolute Gasteiger partial charge is 0.340 e. The van der Waals surface area contributed by atoms with Crippen LogP contribution in [-0.2, 0) is 9.59 Å². The maximum atomic E-state index is 12.3. The second-order valence-corrected chi connectivity index (χ2v) is 4.60. The summed E-state index contributed by atoms with van der Waals surface area (Å²) in [7, 11) is 0. The molecule has 90 valence electrons. The Labute approximate surface area is 92.0 Å². The van der Waals surface area contributed by atoms with E-state index >= 15 is 0 Å². The first-order valence-electron chi connectivity index (χ1n) is 5.32. The lowest BCUT2D eigenvalue weighted by atomic mass is 9.91. The van der Waals surface area contributed by atoms with Crippen LogP contribution in [0.5, 0.6) is 0 Å². The van der Waals surface area contributed by atoms with Gasteiger partial charge in [-0.25, -0.2) is 8.78 Å². The summed E-state index contributed by atoms with van der Waals surface area (Å²) in [5.74, 6) is -0.631. The molecule has 2 rings (SSSR count). The van der Waals surface area contributed by atoms with Crippen LogP contribution in [0.3, 0.4) is 0 Å². The van der Waals surface area contributed by atoms with Gasteiger partial charge >= 0.3 is 0 Å². The molecule has 1 atom stereocenters. The van der Waals surface area contributed by atoms with E-state index in [0.29, 0.717) is 0 Å². The molecule has 6 heteroatoms. The van der Waals surface area contributed by atoms with Gasteiger partial charge in [-0.05, 0) is 25.7 Å². The Hall–Kier alpha value is -1.20. The van der Waals surface area contributed by atoms with Crippen LogP contribution in [0.1, 0.15) is 19.8 Å². The minimum Gasteiger partial charge on any atom is -0.340 e. The highest BCUT2D eigenvalue weighted by molar-refractivity contribution is 5.98. The lowest BCUT2D eigenvalue weighted by molar-refractivity contribution is -0.152. The quantitative estimate of drug-likeness (QED) is 0.764. The van der Waals surface area contributed by atoms with Crippen molar-refractivity contribution in [1.82, 2.24) is 10.2 Å². The number of nitrogens with zero attached hydrogens (tertiary/aromatic N) is 1. The summed E-state index contributed by atoms with van der Waals surface area (Å²) in [6.45, 7) is 0.711. The van der Waals surface area contributed by atoms with E-state index in [9.17, 15) is 18.4 Å². The Kier molecular flexibility index (Phi) is 2.59. The lowest BCUT2D eigenvalue weighted by Gasteiger charge is -2.39. The molecule has 2 amide bonds. The van der Waals surface area contributed by atoms with Crippen LogP contribution in [-0.4, -0.2) is 41.8 Å². The van der Waals surface area contributed by atoms with Crippen LogP contribution in [0.25, 0.3) is 0 Å². The fourth-order valence-electron chi connectivity index (χ4n) is 2.21. The molecule has 1 aliphatic heterocycles. The van der Waals surface area contributed by atoms with Gasteiger partial charge in [-0.15, -0.1) is 0 Å². The van der Waals surface area contributed by atoms with Crippen molar-refractivity contribution in [2.24, 2.45) is 5.92 Å². The summed E-state index contributed by atoms with van der Waals surface area (Å²) in [5.41, 5.74) is -0.968. The second-order valence-electron chi connectivity index (χ2n) is 4.60. The van der Waals surface area contributed by atoms with Crippen molar-refractivity contribution in [3.05, 3.63) is 0 Å². The van der Waals surface area contributed by atoms with E-state index in [-0.39, 0.29) is 24.3 Å². The van der Waals surface area contributed by atoms with Gasteiger partial charge in [-0.3, -0.25) is 9.59 Å². The summed E-state index contributed by atoms with van der Waals surface area (Å²) in [6.07, 6.45) is -0.867. The van der Waals surface area contributed by atoms with Crippen molar-refractivity contribution < 1.29 is 18.4 Å². The fraction of sp³-hybridized carbons (Fsp3) is 0.800. The zero-order chi connectivity index (χ0) is 11.9. The van der Waals surface area contributed by atoms with Crippen molar-refractivity contribution in [2.75, 3.05) is 13.1 Å². The molecule has 1 saturated carbocycles. The van der Waals surface area contributed by atoms with E-state index in [4.69, 9.17) is 0 Å². The topological polar surface area (TPSA) is 49.4 Å². The number of hydrogen-bond donors (Lipinski definition) is 1. The minimum atomic E-state index is -2.60. The highest BCUT2D eigenvalue weighted by Crippen LogP contribution is 2.41. The van der Waals surface area contributed by atoms with Gasteiger partial charge in [-0.2, -0.15) is 0 Å². The third kappa shape index (κ3) is 1.88. The lowest BCUT2D eigenvalue weighted by Crippen LogP contribution is -2.66. The molecule has 0 aromatic carbocycles. The SMILES string of the molecule is CC1(C2CC2)NC(=O)CN(CC(F)F)C1=O. The predicted molar refractivity (Wildman–Crippen MR) is 51.9 cm³/mol. The molecule has 0 aromatic heterocycles. The maximum Gasteiger partial charge on any atom is 0.255 e. The number of piperazine rings is 1. The van der Waals surface area contributed by atoms with Gasteiger partial charge in [-0.1, -0.05) is 0 Å². The van der Waals surface area contributed by atoms with Gasteiger partial charge in [0.2, 0.25) is 11.8 Å². The number of amides is 2. The monoisotopic (exact) mass is 232 g/mol. The maximum absolute atomic E-state index is 12.3. The molecular weight excluding hydrogens is 218 g/mol. The zero-order valence-corrected chi connectivity index (χ0v) is 9.00.